The van der Waals surface area contributed by atoms with Gasteiger partial charge in [0.05, 0.1) is 0 Å². The van der Waals surface area contributed by atoms with Crippen molar-refractivity contribution < 1.29 is 0 Å². The third-order valence-corrected chi connectivity index (χ3v) is 6.32. The zero-order chi connectivity index (χ0) is 20.0. The van der Waals surface area contributed by atoms with Gasteiger partial charge in [0.1, 0.15) is 0 Å². The Bertz CT molecular complexity index is 290. The highest BCUT2D eigenvalue weighted by Gasteiger charge is 2.06. The molecule has 0 spiro atoms. The average Bonchev–Trinajstić information content (AvgIpc) is 2.68. The third kappa shape index (κ3) is 20.3. The summed E-state index contributed by atoms with van der Waals surface area (Å²) in [6, 6.07) is 0. The first kappa shape index (κ1) is 26.7. The number of allylic oxidation sites excluding steroid dienone is 2. The molecule has 0 heterocycles. The van der Waals surface area contributed by atoms with Crippen molar-refractivity contribution in [2.45, 2.75) is 150 Å². The molecule has 0 radical (unpaired) electrons. The van der Waals surface area contributed by atoms with Gasteiger partial charge in [-0.2, -0.15) is 0 Å². The van der Waals surface area contributed by atoms with Crippen molar-refractivity contribution in [3.05, 3.63) is 12.2 Å². The Kier molecular flexibility index (Phi) is 21.8. The average molecular weight is 379 g/mol. The van der Waals surface area contributed by atoms with Crippen LogP contribution < -0.4 is 0 Å². The molecule has 2 atom stereocenters. The van der Waals surface area contributed by atoms with Gasteiger partial charge < -0.3 is 0 Å². The molecule has 0 aliphatic heterocycles. The summed E-state index contributed by atoms with van der Waals surface area (Å²) in [6.45, 7) is 9.43. The number of rotatable bonds is 21. The second kappa shape index (κ2) is 22.0. The molecule has 2 unspecified atom stereocenters. The maximum atomic E-state index is 2.45. The molecule has 162 valence electrons. The Morgan fingerprint density at radius 1 is 0.519 bits per heavy atom. The molecule has 27 heavy (non-hydrogen) atoms. The van der Waals surface area contributed by atoms with Crippen molar-refractivity contribution in [1.29, 1.82) is 0 Å². The van der Waals surface area contributed by atoms with Crippen LogP contribution in [0.15, 0.2) is 12.2 Å². The predicted molar refractivity (Wildman–Crippen MR) is 127 cm³/mol. The second-order valence-corrected chi connectivity index (χ2v) is 9.12. The van der Waals surface area contributed by atoms with Crippen LogP contribution in [0.25, 0.3) is 0 Å². The lowest BCUT2D eigenvalue weighted by Crippen LogP contribution is -1.99. The summed E-state index contributed by atoms with van der Waals surface area (Å²) in [5.74, 6) is 1.93. The van der Waals surface area contributed by atoms with Crippen molar-refractivity contribution in [3.8, 4) is 0 Å². The lowest BCUT2D eigenvalue weighted by molar-refractivity contribution is 0.392. The van der Waals surface area contributed by atoms with E-state index in [1.165, 1.54) is 122 Å². The molecule has 0 amide bonds. The molecule has 0 rings (SSSR count). The third-order valence-electron chi connectivity index (χ3n) is 6.32. The van der Waals surface area contributed by atoms with Crippen LogP contribution in [-0.4, -0.2) is 0 Å². The van der Waals surface area contributed by atoms with E-state index < -0.39 is 0 Å². The molecule has 0 heteroatoms. The number of unbranched alkanes of at least 4 members (excludes halogenated alkanes) is 10. The van der Waals surface area contributed by atoms with E-state index in [2.05, 4.69) is 39.8 Å². The summed E-state index contributed by atoms with van der Waals surface area (Å²) >= 11 is 0. The van der Waals surface area contributed by atoms with Gasteiger partial charge in [0.25, 0.3) is 0 Å². The van der Waals surface area contributed by atoms with Crippen LogP contribution in [0.1, 0.15) is 150 Å². The van der Waals surface area contributed by atoms with Crippen LogP contribution in [0.2, 0.25) is 0 Å². The molecule has 0 nitrogen and oxygen atoms in total. The van der Waals surface area contributed by atoms with Crippen molar-refractivity contribution in [1.82, 2.24) is 0 Å². The van der Waals surface area contributed by atoms with Gasteiger partial charge in [0.15, 0.2) is 0 Å². The van der Waals surface area contributed by atoms with E-state index in [4.69, 9.17) is 0 Å². The smallest absolute Gasteiger partial charge is 0.0348 e. The maximum Gasteiger partial charge on any atom is -0.0348 e. The van der Waals surface area contributed by atoms with Gasteiger partial charge in [-0.25, -0.2) is 0 Å². The Morgan fingerprint density at radius 3 is 1.63 bits per heavy atom. The molecule has 0 aliphatic rings. The largest absolute Gasteiger partial charge is 0.0885 e. The Hall–Kier alpha value is -0.260. The quantitative estimate of drug-likeness (QED) is 0.138. The van der Waals surface area contributed by atoms with E-state index in [9.17, 15) is 0 Å². The monoisotopic (exact) mass is 378 g/mol. The minimum absolute atomic E-state index is 0.916. The molecule has 0 saturated heterocycles. The molecule has 0 fully saturated rings. The highest BCUT2D eigenvalue weighted by atomic mass is 14.1. The first-order valence-corrected chi connectivity index (χ1v) is 12.9. The SMILES string of the molecule is CCCC/C=C/CCC(C)CCCCCCCCC(CC)CCCCCC. The van der Waals surface area contributed by atoms with Gasteiger partial charge >= 0.3 is 0 Å². The summed E-state index contributed by atoms with van der Waals surface area (Å²) in [4.78, 5) is 0. The summed E-state index contributed by atoms with van der Waals surface area (Å²) < 4.78 is 0. The van der Waals surface area contributed by atoms with Gasteiger partial charge in [-0.15, -0.1) is 0 Å². The lowest BCUT2D eigenvalue weighted by Gasteiger charge is -2.14. The van der Waals surface area contributed by atoms with Gasteiger partial charge in [0.2, 0.25) is 0 Å². The van der Waals surface area contributed by atoms with E-state index in [-0.39, 0.29) is 0 Å². The van der Waals surface area contributed by atoms with Gasteiger partial charge in [0, 0.05) is 0 Å². The summed E-state index contributed by atoms with van der Waals surface area (Å²) in [5, 5.41) is 0. The van der Waals surface area contributed by atoms with Gasteiger partial charge in [-0.3, -0.25) is 0 Å². The topological polar surface area (TPSA) is 0 Å². The van der Waals surface area contributed by atoms with Crippen molar-refractivity contribution in [2.75, 3.05) is 0 Å². The summed E-state index contributed by atoms with van der Waals surface area (Å²) in [7, 11) is 0. The van der Waals surface area contributed by atoms with E-state index in [1.54, 1.807) is 0 Å². The highest BCUT2D eigenvalue weighted by Crippen LogP contribution is 2.22. The predicted octanol–water partition coefficient (Wildman–Crippen LogP) is 10.3. The molecular weight excluding hydrogens is 324 g/mol. The molecular formula is C27H54. The Labute approximate surface area is 174 Å². The number of hydrogen-bond donors (Lipinski definition) is 0. The second-order valence-electron chi connectivity index (χ2n) is 9.12. The van der Waals surface area contributed by atoms with Crippen LogP contribution >= 0.6 is 0 Å². The van der Waals surface area contributed by atoms with E-state index >= 15 is 0 Å². The minimum Gasteiger partial charge on any atom is -0.0885 e. The van der Waals surface area contributed by atoms with E-state index in [0.717, 1.165) is 11.8 Å². The fourth-order valence-corrected chi connectivity index (χ4v) is 4.13. The zero-order valence-corrected chi connectivity index (χ0v) is 19.7. The Balaban J connectivity index is 3.38. The maximum absolute atomic E-state index is 2.45. The highest BCUT2D eigenvalue weighted by molar-refractivity contribution is 4.81. The molecule has 0 aromatic rings. The van der Waals surface area contributed by atoms with Crippen LogP contribution in [0, 0.1) is 11.8 Å². The standard InChI is InChI=1S/C27H54/c1-5-8-10-12-15-18-22-26(4)23-19-16-13-14-17-21-25-27(7-3)24-20-11-9-6-2/h12,15,26-27H,5-11,13-14,16-25H2,1-4H3/b15-12+. The van der Waals surface area contributed by atoms with Crippen molar-refractivity contribution >= 4 is 0 Å². The van der Waals surface area contributed by atoms with Crippen molar-refractivity contribution in [2.24, 2.45) is 11.8 Å². The lowest BCUT2D eigenvalue weighted by atomic mass is 9.92. The fourth-order valence-electron chi connectivity index (χ4n) is 4.13. The Morgan fingerprint density at radius 2 is 1.04 bits per heavy atom. The van der Waals surface area contributed by atoms with E-state index in [0.29, 0.717) is 0 Å². The summed E-state index contributed by atoms with van der Waals surface area (Å²) in [5.41, 5.74) is 0. The van der Waals surface area contributed by atoms with Crippen molar-refractivity contribution in [3.63, 3.8) is 0 Å². The van der Waals surface area contributed by atoms with E-state index in [1.807, 2.05) is 0 Å². The molecule has 0 saturated carbocycles. The van der Waals surface area contributed by atoms with Gasteiger partial charge in [-0.05, 0) is 31.1 Å². The summed E-state index contributed by atoms with van der Waals surface area (Å²) in [6.07, 6.45) is 31.8. The zero-order valence-electron chi connectivity index (χ0n) is 19.7. The molecule has 0 aromatic heterocycles. The van der Waals surface area contributed by atoms with Crippen LogP contribution in [0.5, 0.6) is 0 Å². The minimum atomic E-state index is 0.916. The first-order chi connectivity index (χ1) is 13.2. The van der Waals surface area contributed by atoms with Crippen LogP contribution in [0.3, 0.4) is 0 Å². The molecule has 0 bridgehead atoms. The fraction of sp³-hybridized carbons (Fsp3) is 0.926. The van der Waals surface area contributed by atoms with Gasteiger partial charge in [-0.1, -0.05) is 143 Å². The van der Waals surface area contributed by atoms with Crippen LogP contribution in [0.4, 0.5) is 0 Å². The first-order valence-electron chi connectivity index (χ1n) is 12.9. The van der Waals surface area contributed by atoms with Crippen LogP contribution in [-0.2, 0) is 0 Å². The molecule has 0 N–H and O–H groups in total. The molecule has 0 aliphatic carbocycles. The number of hydrogen-bond acceptors (Lipinski definition) is 0. The normalized spacial score (nSPS) is 14.1. The molecule has 0 aromatic carbocycles.